The summed E-state index contributed by atoms with van der Waals surface area (Å²) in [4.78, 5) is 12.5. The van der Waals surface area contributed by atoms with E-state index in [0.29, 0.717) is 13.0 Å². The van der Waals surface area contributed by atoms with E-state index in [-0.39, 0.29) is 12.0 Å². The standard InChI is InChI=1S/C21H26N2O2/c24-21(15-14-20-13-7-8-16-25-20)22-23(19-11-5-2-6-12-19)17-18-9-3-1-4-10-18/h1-6,9-12,20H,7-8,13-17H2,(H,22,24). The molecule has 1 amide bonds. The van der Waals surface area contributed by atoms with Crippen LogP contribution >= 0.6 is 0 Å². The fourth-order valence-electron chi connectivity index (χ4n) is 3.10. The summed E-state index contributed by atoms with van der Waals surface area (Å²) in [5.74, 6) is 0.0361. The summed E-state index contributed by atoms with van der Waals surface area (Å²) < 4.78 is 5.72. The van der Waals surface area contributed by atoms with Gasteiger partial charge in [0.1, 0.15) is 0 Å². The molecule has 3 rings (SSSR count). The van der Waals surface area contributed by atoms with Gasteiger partial charge in [-0.05, 0) is 43.4 Å². The minimum atomic E-state index is 0.0361. The highest BCUT2D eigenvalue weighted by molar-refractivity contribution is 5.77. The number of carbonyl (C=O) groups is 1. The molecule has 0 bridgehead atoms. The molecule has 1 aliphatic rings. The van der Waals surface area contributed by atoms with Crippen molar-refractivity contribution in [3.8, 4) is 0 Å². The summed E-state index contributed by atoms with van der Waals surface area (Å²) in [6.07, 6.45) is 4.93. The number of ether oxygens (including phenoxy) is 1. The highest BCUT2D eigenvalue weighted by atomic mass is 16.5. The van der Waals surface area contributed by atoms with Gasteiger partial charge in [0, 0.05) is 13.0 Å². The average Bonchev–Trinajstić information content (AvgIpc) is 2.68. The molecule has 1 saturated heterocycles. The molecule has 1 unspecified atom stereocenters. The third-order valence-corrected chi connectivity index (χ3v) is 4.48. The molecule has 0 spiro atoms. The minimum Gasteiger partial charge on any atom is -0.378 e. The molecule has 132 valence electrons. The van der Waals surface area contributed by atoms with Gasteiger partial charge in [0.2, 0.25) is 5.91 Å². The molecule has 1 N–H and O–H groups in total. The van der Waals surface area contributed by atoms with E-state index in [2.05, 4.69) is 17.6 Å². The summed E-state index contributed by atoms with van der Waals surface area (Å²) in [6, 6.07) is 20.1. The Morgan fingerprint density at radius 3 is 2.44 bits per heavy atom. The molecule has 0 saturated carbocycles. The van der Waals surface area contributed by atoms with Gasteiger partial charge in [-0.1, -0.05) is 48.5 Å². The van der Waals surface area contributed by atoms with Crippen molar-refractivity contribution < 1.29 is 9.53 Å². The van der Waals surface area contributed by atoms with E-state index < -0.39 is 0 Å². The molecule has 2 aromatic carbocycles. The van der Waals surface area contributed by atoms with Crippen LogP contribution in [0.3, 0.4) is 0 Å². The van der Waals surface area contributed by atoms with E-state index >= 15 is 0 Å². The molecule has 1 aliphatic heterocycles. The van der Waals surface area contributed by atoms with Crippen LogP contribution in [0, 0.1) is 0 Å². The maximum Gasteiger partial charge on any atom is 0.238 e. The molecule has 4 heteroatoms. The number of carbonyl (C=O) groups excluding carboxylic acids is 1. The molecule has 2 aromatic rings. The van der Waals surface area contributed by atoms with Gasteiger partial charge in [0.25, 0.3) is 0 Å². The maximum atomic E-state index is 12.5. The molecular weight excluding hydrogens is 312 g/mol. The van der Waals surface area contributed by atoms with Crippen LogP contribution in [0.15, 0.2) is 60.7 Å². The Bertz CT molecular complexity index is 639. The van der Waals surface area contributed by atoms with Crippen molar-refractivity contribution in [3.05, 3.63) is 66.2 Å². The Morgan fingerprint density at radius 2 is 1.76 bits per heavy atom. The van der Waals surface area contributed by atoms with E-state index in [9.17, 15) is 4.79 Å². The molecule has 1 fully saturated rings. The van der Waals surface area contributed by atoms with Gasteiger partial charge in [-0.3, -0.25) is 15.2 Å². The molecule has 4 nitrogen and oxygen atoms in total. The van der Waals surface area contributed by atoms with E-state index in [1.807, 2.05) is 53.5 Å². The van der Waals surface area contributed by atoms with E-state index in [0.717, 1.165) is 37.1 Å². The number of anilines is 1. The molecule has 0 aromatic heterocycles. The highest BCUT2D eigenvalue weighted by Crippen LogP contribution is 2.18. The minimum absolute atomic E-state index is 0.0361. The molecule has 25 heavy (non-hydrogen) atoms. The topological polar surface area (TPSA) is 41.6 Å². The average molecular weight is 338 g/mol. The summed E-state index contributed by atoms with van der Waals surface area (Å²) in [7, 11) is 0. The van der Waals surface area contributed by atoms with Crippen LogP contribution < -0.4 is 10.4 Å². The Morgan fingerprint density at radius 1 is 1.04 bits per heavy atom. The summed E-state index contributed by atoms with van der Waals surface area (Å²) in [5.41, 5.74) is 5.20. The lowest BCUT2D eigenvalue weighted by molar-refractivity contribution is -0.122. The number of nitrogens with zero attached hydrogens (tertiary/aromatic N) is 1. The maximum absolute atomic E-state index is 12.5. The zero-order chi connectivity index (χ0) is 17.3. The largest absolute Gasteiger partial charge is 0.378 e. The van der Waals surface area contributed by atoms with Crippen LogP contribution in [0.25, 0.3) is 0 Å². The fourth-order valence-corrected chi connectivity index (χ4v) is 3.10. The van der Waals surface area contributed by atoms with Crippen LogP contribution in [-0.4, -0.2) is 18.6 Å². The van der Waals surface area contributed by atoms with Crippen LogP contribution in [-0.2, 0) is 16.1 Å². The monoisotopic (exact) mass is 338 g/mol. The number of rotatable bonds is 7. The van der Waals surface area contributed by atoms with Crippen molar-refractivity contribution in [3.63, 3.8) is 0 Å². The molecule has 0 radical (unpaired) electrons. The van der Waals surface area contributed by atoms with Crippen molar-refractivity contribution in [2.24, 2.45) is 0 Å². The van der Waals surface area contributed by atoms with E-state index in [1.54, 1.807) is 0 Å². The van der Waals surface area contributed by atoms with Crippen molar-refractivity contribution in [2.75, 3.05) is 11.6 Å². The third-order valence-electron chi connectivity index (χ3n) is 4.48. The second-order valence-electron chi connectivity index (χ2n) is 6.47. The lowest BCUT2D eigenvalue weighted by Crippen LogP contribution is -2.42. The number of hydrogen-bond donors (Lipinski definition) is 1. The number of hydrazine groups is 1. The third kappa shape index (κ3) is 5.61. The van der Waals surface area contributed by atoms with E-state index in [4.69, 9.17) is 4.74 Å². The van der Waals surface area contributed by atoms with Gasteiger partial charge >= 0.3 is 0 Å². The van der Waals surface area contributed by atoms with E-state index in [1.165, 1.54) is 6.42 Å². The first-order chi connectivity index (χ1) is 12.3. The first-order valence-electron chi connectivity index (χ1n) is 9.09. The Labute approximate surface area is 149 Å². The SMILES string of the molecule is O=C(CCC1CCCCO1)NN(Cc1ccccc1)c1ccccc1. The second kappa shape index (κ2) is 9.23. The molecule has 1 atom stereocenters. The first-order valence-corrected chi connectivity index (χ1v) is 9.09. The van der Waals surface area contributed by atoms with Gasteiger partial charge in [0.05, 0.1) is 18.3 Å². The van der Waals surface area contributed by atoms with Crippen LogP contribution in [0.5, 0.6) is 0 Å². The molecule has 0 aliphatic carbocycles. The Balaban J connectivity index is 1.59. The van der Waals surface area contributed by atoms with Gasteiger partial charge in [0.15, 0.2) is 0 Å². The summed E-state index contributed by atoms with van der Waals surface area (Å²) in [6.45, 7) is 1.47. The van der Waals surface area contributed by atoms with Gasteiger partial charge in [-0.25, -0.2) is 0 Å². The predicted octanol–water partition coefficient (Wildman–Crippen LogP) is 4.07. The summed E-state index contributed by atoms with van der Waals surface area (Å²) in [5, 5.41) is 1.92. The van der Waals surface area contributed by atoms with Crippen molar-refractivity contribution in [2.45, 2.75) is 44.8 Å². The number of nitrogens with one attached hydrogen (secondary N) is 1. The molecular formula is C21H26N2O2. The Kier molecular flexibility index (Phi) is 6.46. The highest BCUT2D eigenvalue weighted by Gasteiger charge is 2.17. The zero-order valence-electron chi connectivity index (χ0n) is 14.6. The number of para-hydroxylation sites is 1. The quantitative estimate of drug-likeness (QED) is 0.774. The lowest BCUT2D eigenvalue weighted by Gasteiger charge is -2.26. The van der Waals surface area contributed by atoms with Crippen LogP contribution in [0.4, 0.5) is 5.69 Å². The zero-order valence-corrected chi connectivity index (χ0v) is 14.6. The van der Waals surface area contributed by atoms with Crippen LogP contribution in [0.1, 0.15) is 37.7 Å². The van der Waals surface area contributed by atoms with Gasteiger partial charge in [-0.15, -0.1) is 0 Å². The lowest BCUT2D eigenvalue weighted by atomic mass is 10.0. The number of amides is 1. The fraction of sp³-hybridized carbons (Fsp3) is 0.381. The summed E-state index contributed by atoms with van der Waals surface area (Å²) >= 11 is 0. The van der Waals surface area contributed by atoms with Crippen molar-refractivity contribution >= 4 is 11.6 Å². The number of hydrogen-bond acceptors (Lipinski definition) is 3. The second-order valence-corrected chi connectivity index (χ2v) is 6.47. The van der Waals surface area contributed by atoms with Gasteiger partial charge in [-0.2, -0.15) is 0 Å². The van der Waals surface area contributed by atoms with Crippen molar-refractivity contribution in [1.82, 2.24) is 5.43 Å². The first kappa shape index (κ1) is 17.5. The normalized spacial score (nSPS) is 17.0. The van der Waals surface area contributed by atoms with Gasteiger partial charge < -0.3 is 4.74 Å². The Hall–Kier alpha value is -2.33. The number of benzene rings is 2. The smallest absolute Gasteiger partial charge is 0.238 e. The molecule has 1 heterocycles. The van der Waals surface area contributed by atoms with Crippen LogP contribution in [0.2, 0.25) is 0 Å². The predicted molar refractivity (Wildman–Crippen MR) is 100 cm³/mol. The van der Waals surface area contributed by atoms with Crippen molar-refractivity contribution in [1.29, 1.82) is 0 Å².